The molecule has 1 aliphatic rings. The van der Waals surface area contributed by atoms with E-state index in [1.807, 2.05) is 23.7 Å². The van der Waals surface area contributed by atoms with Crippen LogP contribution in [0.1, 0.15) is 37.4 Å². The molecule has 2 heterocycles. The number of hydrogen-bond acceptors (Lipinski definition) is 6. The Morgan fingerprint density at radius 1 is 1.50 bits per heavy atom. The van der Waals surface area contributed by atoms with Gasteiger partial charge in [0.25, 0.3) is 0 Å². The van der Waals surface area contributed by atoms with Crippen LogP contribution in [0.25, 0.3) is 0 Å². The minimum atomic E-state index is -0.0496. The van der Waals surface area contributed by atoms with E-state index in [0.29, 0.717) is 6.04 Å². The molecule has 7 heteroatoms. The van der Waals surface area contributed by atoms with E-state index < -0.39 is 0 Å². The summed E-state index contributed by atoms with van der Waals surface area (Å²) in [6.07, 6.45) is 4.07. The summed E-state index contributed by atoms with van der Waals surface area (Å²) in [5.41, 5.74) is 6.96. The molecule has 2 N–H and O–H groups in total. The first-order chi connectivity index (χ1) is 8.75. The van der Waals surface area contributed by atoms with E-state index in [2.05, 4.69) is 20.5 Å². The van der Waals surface area contributed by atoms with E-state index in [0.717, 1.165) is 28.6 Å². The first-order valence-electron chi connectivity index (χ1n) is 5.92. The van der Waals surface area contributed by atoms with Gasteiger partial charge < -0.3 is 5.73 Å². The third kappa shape index (κ3) is 2.23. The molecule has 0 bridgehead atoms. The van der Waals surface area contributed by atoms with Gasteiger partial charge in [-0.25, -0.2) is 9.67 Å². The smallest absolute Gasteiger partial charge is 0.215 e. The summed E-state index contributed by atoms with van der Waals surface area (Å²) in [6.45, 7) is 1.95. The van der Waals surface area contributed by atoms with E-state index in [4.69, 9.17) is 5.73 Å². The van der Waals surface area contributed by atoms with Gasteiger partial charge in [0.05, 0.1) is 6.04 Å². The van der Waals surface area contributed by atoms with Crippen molar-refractivity contribution in [3.8, 4) is 0 Å². The summed E-state index contributed by atoms with van der Waals surface area (Å²) >= 11 is 1.48. The van der Waals surface area contributed by atoms with Crippen molar-refractivity contribution in [3.63, 3.8) is 0 Å². The molecule has 0 radical (unpaired) electrons. The van der Waals surface area contributed by atoms with Gasteiger partial charge in [-0.15, -0.1) is 5.10 Å². The van der Waals surface area contributed by atoms with Crippen molar-refractivity contribution in [1.29, 1.82) is 0 Å². The van der Waals surface area contributed by atoms with Gasteiger partial charge >= 0.3 is 0 Å². The Morgan fingerprint density at radius 3 is 3.06 bits per heavy atom. The van der Waals surface area contributed by atoms with Crippen molar-refractivity contribution in [1.82, 2.24) is 25.2 Å². The number of nitrogens with zero attached hydrogens (tertiary/aromatic N) is 5. The molecule has 1 aliphatic carbocycles. The van der Waals surface area contributed by atoms with E-state index in [1.165, 1.54) is 11.8 Å². The molecule has 2 aromatic heterocycles. The molecule has 18 heavy (non-hydrogen) atoms. The lowest BCUT2D eigenvalue weighted by molar-refractivity contribution is 0.565. The first-order valence-corrected chi connectivity index (χ1v) is 6.73. The van der Waals surface area contributed by atoms with Crippen LogP contribution in [-0.4, -0.2) is 25.2 Å². The molecule has 6 nitrogen and oxygen atoms in total. The van der Waals surface area contributed by atoms with Crippen LogP contribution < -0.4 is 5.73 Å². The molecule has 0 aliphatic heterocycles. The summed E-state index contributed by atoms with van der Waals surface area (Å²) < 4.78 is 1.88. The van der Waals surface area contributed by atoms with Crippen molar-refractivity contribution in [2.45, 2.75) is 42.0 Å². The van der Waals surface area contributed by atoms with E-state index in [-0.39, 0.29) is 6.04 Å². The zero-order valence-corrected chi connectivity index (χ0v) is 10.8. The zero-order valence-electron chi connectivity index (χ0n) is 10.0. The summed E-state index contributed by atoms with van der Waals surface area (Å²) in [7, 11) is 0. The fourth-order valence-corrected chi connectivity index (χ4v) is 2.74. The molecule has 1 atom stereocenters. The maximum Gasteiger partial charge on any atom is 0.215 e. The average molecular weight is 262 g/mol. The second-order valence-corrected chi connectivity index (χ2v) is 5.38. The number of tetrazole rings is 1. The average Bonchev–Trinajstić information content (AvgIpc) is 3.11. The Bertz CT molecular complexity index is 548. The fraction of sp³-hybridized carbons (Fsp3) is 0.455. The van der Waals surface area contributed by atoms with Crippen LogP contribution in [0.5, 0.6) is 0 Å². The zero-order chi connectivity index (χ0) is 12.5. The van der Waals surface area contributed by atoms with Crippen molar-refractivity contribution >= 4 is 11.8 Å². The highest BCUT2D eigenvalue weighted by molar-refractivity contribution is 7.99. The Hall–Kier alpha value is -1.47. The summed E-state index contributed by atoms with van der Waals surface area (Å²) in [5.74, 6) is 0. The van der Waals surface area contributed by atoms with Gasteiger partial charge in [-0.3, -0.25) is 0 Å². The molecular weight excluding hydrogens is 248 g/mol. The van der Waals surface area contributed by atoms with E-state index in [9.17, 15) is 0 Å². The molecule has 0 aromatic carbocycles. The Kier molecular flexibility index (Phi) is 3.00. The van der Waals surface area contributed by atoms with Crippen LogP contribution >= 0.6 is 11.8 Å². The number of pyridine rings is 1. The van der Waals surface area contributed by atoms with Crippen LogP contribution in [0.4, 0.5) is 0 Å². The van der Waals surface area contributed by atoms with Crippen LogP contribution in [0.15, 0.2) is 28.5 Å². The van der Waals surface area contributed by atoms with Gasteiger partial charge in [-0.2, -0.15) is 0 Å². The Balaban J connectivity index is 1.89. The predicted octanol–water partition coefficient (Wildman–Crippen LogP) is 1.57. The molecule has 1 saturated carbocycles. The summed E-state index contributed by atoms with van der Waals surface area (Å²) in [6, 6.07) is 4.30. The second kappa shape index (κ2) is 4.66. The lowest BCUT2D eigenvalue weighted by Crippen LogP contribution is -2.07. The van der Waals surface area contributed by atoms with Gasteiger partial charge in [0.2, 0.25) is 5.16 Å². The monoisotopic (exact) mass is 262 g/mol. The standard InChI is InChI=1S/C11H14N6S/c1-7(12)9-3-2-6-13-10(9)18-11-14-15-16-17(11)8-4-5-8/h2-3,6-8H,4-5,12H2,1H3/t7-/m0/s1. The van der Waals surface area contributed by atoms with Crippen molar-refractivity contribution in [2.75, 3.05) is 0 Å². The third-order valence-corrected chi connectivity index (χ3v) is 3.82. The lowest BCUT2D eigenvalue weighted by atomic mass is 10.2. The van der Waals surface area contributed by atoms with E-state index >= 15 is 0 Å². The van der Waals surface area contributed by atoms with Crippen LogP contribution in [0.2, 0.25) is 0 Å². The van der Waals surface area contributed by atoms with Crippen molar-refractivity contribution in [3.05, 3.63) is 23.9 Å². The topological polar surface area (TPSA) is 82.5 Å². The molecule has 2 aromatic rings. The molecule has 0 unspecified atom stereocenters. The lowest BCUT2D eigenvalue weighted by Gasteiger charge is -2.10. The number of aromatic nitrogens is 5. The highest BCUT2D eigenvalue weighted by Crippen LogP contribution is 2.38. The summed E-state index contributed by atoms with van der Waals surface area (Å²) in [5, 5.41) is 13.5. The molecule has 0 saturated heterocycles. The Morgan fingerprint density at radius 2 is 2.33 bits per heavy atom. The maximum absolute atomic E-state index is 5.94. The quantitative estimate of drug-likeness (QED) is 0.900. The number of hydrogen-bond donors (Lipinski definition) is 1. The number of nitrogens with two attached hydrogens (primary N) is 1. The fourth-order valence-electron chi connectivity index (χ4n) is 1.72. The predicted molar refractivity (Wildman–Crippen MR) is 67.1 cm³/mol. The first kappa shape index (κ1) is 11.6. The van der Waals surface area contributed by atoms with Crippen LogP contribution in [0.3, 0.4) is 0 Å². The van der Waals surface area contributed by atoms with Gasteiger partial charge in [0, 0.05) is 17.8 Å². The van der Waals surface area contributed by atoms with Gasteiger partial charge in [-0.1, -0.05) is 6.07 Å². The second-order valence-electron chi connectivity index (χ2n) is 4.43. The SMILES string of the molecule is C[C@H](N)c1cccnc1Sc1nnnn1C1CC1. The van der Waals surface area contributed by atoms with Gasteiger partial charge in [0.15, 0.2) is 0 Å². The van der Waals surface area contributed by atoms with Crippen LogP contribution in [0, 0.1) is 0 Å². The highest BCUT2D eigenvalue weighted by atomic mass is 32.2. The molecule has 0 amide bonds. The minimum Gasteiger partial charge on any atom is -0.324 e. The largest absolute Gasteiger partial charge is 0.324 e. The maximum atomic E-state index is 5.94. The molecule has 3 rings (SSSR count). The third-order valence-electron chi connectivity index (χ3n) is 2.83. The minimum absolute atomic E-state index is 0.0496. The van der Waals surface area contributed by atoms with Crippen LogP contribution in [-0.2, 0) is 0 Å². The van der Waals surface area contributed by atoms with Crippen molar-refractivity contribution < 1.29 is 0 Å². The molecule has 1 fully saturated rings. The highest BCUT2D eigenvalue weighted by Gasteiger charge is 2.28. The van der Waals surface area contributed by atoms with Gasteiger partial charge in [0.1, 0.15) is 5.03 Å². The summed E-state index contributed by atoms with van der Waals surface area (Å²) in [4.78, 5) is 4.37. The molecule has 94 valence electrons. The normalized spacial score (nSPS) is 16.8. The van der Waals surface area contributed by atoms with Crippen molar-refractivity contribution in [2.24, 2.45) is 5.73 Å². The number of rotatable bonds is 4. The van der Waals surface area contributed by atoms with Gasteiger partial charge in [-0.05, 0) is 48.0 Å². The molecular formula is C11H14N6S. The Labute approximate surface area is 109 Å². The van der Waals surface area contributed by atoms with E-state index in [1.54, 1.807) is 6.20 Å². The molecule has 0 spiro atoms.